The van der Waals surface area contributed by atoms with E-state index < -0.39 is 10.0 Å². The van der Waals surface area contributed by atoms with Crippen LogP contribution in [0.4, 0.5) is 0 Å². The standard InChI is InChI=1S/C14H16ClN3O2S/c15-13-7-10(8-16)1-4-14(13)21(19,20)18-6-5-11-2-3-12(9-18)17-11/h1,4,7,11-12,17H,2-3,5-6,9H2. The Morgan fingerprint density at radius 2 is 2.05 bits per heavy atom. The third kappa shape index (κ3) is 2.79. The minimum Gasteiger partial charge on any atom is -0.310 e. The highest BCUT2D eigenvalue weighted by molar-refractivity contribution is 7.89. The molecule has 0 aromatic heterocycles. The van der Waals surface area contributed by atoms with E-state index in [1.807, 2.05) is 6.07 Å². The van der Waals surface area contributed by atoms with Crippen molar-refractivity contribution < 1.29 is 8.42 Å². The lowest BCUT2D eigenvalue weighted by Crippen LogP contribution is -2.39. The molecule has 1 aromatic rings. The fraction of sp³-hybridized carbons (Fsp3) is 0.500. The van der Waals surface area contributed by atoms with Gasteiger partial charge in [-0.25, -0.2) is 8.42 Å². The Labute approximate surface area is 129 Å². The minimum absolute atomic E-state index is 0.0842. The number of fused-ring (bicyclic) bond motifs is 2. The third-order valence-electron chi connectivity index (χ3n) is 4.16. The summed E-state index contributed by atoms with van der Waals surface area (Å²) in [6, 6.07) is 6.91. The van der Waals surface area contributed by atoms with Gasteiger partial charge in [0.05, 0.1) is 16.7 Å². The summed E-state index contributed by atoms with van der Waals surface area (Å²) in [6.45, 7) is 0.988. The average Bonchev–Trinajstić information content (AvgIpc) is 2.77. The van der Waals surface area contributed by atoms with Crippen LogP contribution in [0.15, 0.2) is 23.1 Å². The normalized spacial score (nSPS) is 26.3. The zero-order valence-corrected chi connectivity index (χ0v) is 13.0. The first-order chi connectivity index (χ1) is 10.0. The lowest BCUT2D eigenvalue weighted by Gasteiger charge is -2.24. The molecular formula is C14H16ClN3O2S. The first kappa shape index (κ1) is 14.8. The van der Waals surface area contributed by atoms with Gasteiger partial charge in [-0.3, -0.25) is 0 Å². The van der Waals surface area contributed by atoms with Crippen LogP contribution >= 0.6 is 11.6 Å². The number of hydrogen-bond donors (Lipinski definition) is 1. The van der Waals surface area contributed by atoms with Crippen LogP contribution in [0.2, 0.25) is 5.02 Å². The van der Waals surface area contributed by atoms with E-state index in [0.29, 0.717) is 24.7 Å². The summed E-state index contributed by atoms with van der Waals surface area (Å²) in [5, 5.41) is 12.4. The van der Waals surface area contributed by atoms with Crippen molar-refractivity contribution >= 4 is 21.6 Å². The van der Waals surface area contributed by atoms with E-state index in [0.717, 1.165) is 19.3 Å². The van der Waals surface area contributed by atoms with E-state index in [4.69, 9.17) is 16.9 Å². The second-order valence-electron chi connectivity index (χ2n) is 5.55. The Morgan fingerprint density at radius 1 is 1.29 bits per heavy atom. The lowest BCUT2D eigenvalue weighted by atomic mass is 10.1. The molecule has 2 heterocycles. The van der Waals surface area contributed by atoms with Gasteiger partial charge in [0.25, 0.3) is 0 Å². The number of nitrogens with zero attached hydrogens (tertiary/aromatic N) is 2. The molecule has 2 fully saturated rings. The van der Waals surface area contributed by atoms with Gasteiger partial charge < -0.3 is 5.32 Å². The van der Waals surface area contributed by atoms with Crippen molar-refractivity contribution in [3.63, 3.8) is 0 Å². The van der Waals surface area contributed by atoms with E-state index in [-0.39, 0.29) is 16.0 Å². The van der Waals surface area contributed by atoms with E-state index in [1.165, 1.54) is 22.5 Å². The predicted octanol–water partition coefficient (Wildman–Crippen LogP) is 1.73. The third-order valence-corrected chi connectivity index (χ3v) is 6.51. The van der Waals surface area contributed by atoms with Gasteiger partial charge >= 0.3 is 0 Å². The van der Waals surface area contributed by atoms with Gasteiger partial charge in [-0.05, 0) is 37.5 Å². The molecule has 21 heavy (non-hydrogen) atoms. The molecule has 0 saturated carbocycles. The quantitative estimate of drug-likeness (QED) is 0.898. The van der Waals surface area contributed by atoms with Gasteiger partial charge in [0, 0.05) is 25.2 Å². The molecule has 2 atom stereocenters. The van der Waals surface area contributed by atoms with Crippen molar-refractivity contribution in [2.75, 3.05) is 13.1 Å². The summed E-state index contributed by atoms with van der Waals surface area (Å²) in [5.74, 6) is 0. The monoisotopic (exact) mass is 325 g/mol. The Bertz CT molecular complexity index is 699. The Balaban J connectivity index is 1.91. The number of rotatable bonds is 2. The summed E-state index contributed by atoms with van der Waals surface area (Å²) < 4.78 is 27.0. The Hall–Kier alpha value is -1.13. The first-order valence-electron chi connectivity index (χ1n) is 6.96. The van der Waals surface area contributed by atoms with Crippen LogP contribution in [0.3, 0.4) is 0 Å². The number of halogens is 1. The molecule has 0 aliphatic carbocycles. The molecule has 7 heteroatoms. The largest absolute Gasteiger partial charge is 0.310 e. The second-order valence-corrected chi connectivity index (χ2v) is 7.86. The minimum atomic E-state index is -3.61. The van der Waals surface area contributed by atoms with Gasteiger partial charge in [0.1, 0.15) is 4.90 Å². The van der Waals surface area contributed by atoms with Crippen LogP contribution in [0.5, 0.6) is 0 Å². The maximum Gasteiger partial charge on any atom is 0.244 e. The summed E-state index contributed by atoms with van der Waals surface area (Å²) in [6.07, 6.45) is 2.96. The van der Waals surface area contributed by atoms with Gasteiger partial charge in [-0.1, -0.05) is 11.6 Å². The highest BCUT2D eigenvalue weighted by Crippen LogP contribution is 2.29. The first-order valence-corrected chi connectivity index (χ1v) is 8.78. The molecule has 0 spiro atoms. The van der Waals surface area contributed by atoms with Crippen LogP contribution < -0.4 is 5.32 Å². The maximum absolute atomic E-state index is 12.8. The topological polar surface area (TPSA) is 73.2 Å². The molecule has 2 aliphatic heterocycles. The molecular weight excluding hydrogens is 310 g/mol. The number of sulfonamides is 1. The zero-order valence-electron chi connectivity index (χ0n) is 11.4. The Kier molecular flexibility index (Phi) is 3.93. The number of nitrogens with one attached hydrogen (secondary N) is 1. The highest BCUT2D eigenvalue weighted by atomic mass is 35.5. The highest BCUT2D eigenvalue weighted by Gasteiger charge is 2.35. The van der Waals surface area contributed by atoms with Gasteiger partial charge in [0.2, 0.25) is 10.0 Å². The second kappa shape index (κ2) is 5.58. The van der Waals surface area contributed by atoms with Crippen LogP contribution in [0.1, 0.15) is 24.8 Å². The predicted molar refractivity (Wildman–Crippen MR) is 79.5 cm³/mol. The molecule has 2 unspecified atom stereocenters. The van der Waals surface area contributed by atoms with Crippen molar-refractivity contribution in [3.8, 4) is 6.07 Å². The molecule has 3 rings (SSSR count). The SMILES string of the molecule is N#Cc1ccc(S(=O)(=O)N2CCC3CCC(C2)N3)c(Cl)c1. The van der Waals surface area contributed by atoms with Crippen LogP contribution in [0.25, 0.3) is 0 Å². The molecule has 2 bridgehead atoms. The Morgan fingerprint density at radius 3 is 2.76 bits per heavy atom. The van der Waals surface area contributed by atoms with Crippen molar-refractivity contribution in [1.29, 1.82) is 5.26 Å². The van der Waals surface area contributed by atoms with Gasteiger partial charge in [-0.2, -0.15) is 9.57 Å². The molecule has 5 nitrogen and oxygen atoms in total. The van der Waals surface area contributed by atoms with Crippen molar-refractivity contribution in [3.05, 3.63) is 28.8 Å². The van der Waals surface area contributed by atoms with E-state index in [1.54, 1.807) is 0 Å². The van der Waals surface area contributed by atoms with Crippen molar-refractivity contribution in [1.82, 2.24) is 9.62 Å². The van der Waals surface area contributed by atoms with E-state index >= 15 is 0 Å². The summed E-state index contributed by atoms with van der Waals surface area (Å²) in [5.41, 5.74) is 0.357. The van der Waals surface area contributed by atoms with Gasteiger partial charge in [-0.15, -0.1) is 0 Å². The molecule has 112 valence electrons. The summed E-state index contributed by atoms with van der Waals surface area (Å²) in [7, 11) is -3.61. The molecule has 2 aliphatic rings. The smallest absolute Gasteiger partial charge is 0.244 e. The van der Waals surface area contributed by atoms with Crippen LogP contribution in [-0.4, -0.2) is 37.9 Å². The maximum atomic E-state index is 12.8. The lowest BCUT2D eigenvalue weighted by molar-refractivity contribution is 0.383. The number of hydrogen-bond acceptors (Lipinski definition) is 4. The molecule has 1 aromatic carbocycles. The fourth-order valence-corrected chi connectivity index (χ4v) is 5.07. The van der Waals surface area contributed by atoms with E-state index in [2.05, 4.69) is 5.32 Å². The number of benzene rings is 1. The molecule has 0 amide bonds. The summed E-state index contributed by atoms with van der Waals surface area (Å²) >= 11 is 6.06. The van der Waals surface area contributed by atoms with Crippen molar-refractivity contribution in [2.45, 2.75) is 36.2 Å². The van der Waals surface area contributed by atoms with E-state index in [9.17, 15) is 8.42 Å². The van der Waals surface area contributed by atoms with Gasteiger partial charge in [0.15, 0.2) is 0 Å². The van der Waals surface area contributed by atoms with Crippen LogP contribution in [-0.2, 0) is 10.0 Å². The van der Waals surface area contributed by atoms with Crippen LogP contribution in [0, 0.1) is 11.3 Å². The average molecular weight is 326 g/mol. The summed E-state index contributed by atoms with van der Waals surface area (Å²) in [4.78, 5) is 0.0842. The number of nitriles is 1. The zero-order chi connectivity index (χ0) is 15.0. The molecule has 2 saturated heterocycles. The molecule has 0 radical (unpaired) electrons. The van der Waals surface area contributed by atoms with Crippen molar-refractivity contribution in [2.24, 2.45) is 0 Å². The fourth-order valence-electron chi connectivity index (χ4n) is 3.05. The molecule has 1 N–H and O–H groups in total.